The molecule has 1 aliphatic carbocycles. The highest BCUT2D eigenvalue weighted by Crippen LogP contribution is 2.22. The summed E-state index contributed by atoms with van der Waals surface area (Å²) in [5, 5.41) is 0. The second kappa shape index (κ2) is 5.16. The second-order valence-electron chi connectivity index (χ2n) is 5.21. The summed E-state index contributed by atoms with van der Waals surface area (Å²) in [6.07, 6.45) is 4.80. The first-order valence-corrected chi connectivity index (χ1v) is 6.91. The van der Waals surface area contributed by atoms with Gasteiger partial charge in [0.25, 0.3) is 5.91 Å². The van der Waals surface area contributed by atoms with Gasteiger partial charge in [-0.25, -0.2) is 4.39 Å². The number of carbonyl (C=O) groups excluding carboxylic acids is 1. The Bertz CT molecular complexity index is 763. The molecule has 0 spiro atoms. The molecule has 0 bridgehead atoms. The number of rotatable bonds is 2. The zero-order valence-corrected chi connectivity index (χ0v) is 11.4. The molecule has 0 saturated carbocycles. The number of benzene rings is 1. The maximum absolute atomic E-state index is 13.1. The Kier molecular flexibility index (Phi) is 3.33. The van der Waals surface area contributed by atoms with Crippen molar-refractivity contribution in [3.05, 3.63) is 63.3 Å². The van der Waals surface area contributed by atoms with Crippen LogP contribution in [-0.2, 0) is 12.8 Å². The number of amides is 1. The normalized spacial score (nSPS) is 13.8. The van der Waals surface area contributed by atoms with E-state index in [0.29, 0.717) is 12.0 Å². The lowest BCUT2D eigenvalue weighted by molar-refractivity contribution is 0.0998. The van der Waals surface area contributed by atoms with Crippen molar-refractivity contribution in [1.29, 1.82) is 0 Å². The Labute approximate surface area is 121 Å². The van der Waals surface area contributed by atoms with Gasteiger partial charge in [0.1, 0.15) is 11.4 Å². The summed E-state index contributed by atoms with van der Waals surface area (Å²) in [5.74, 6) is -1.06. The third-order valence-electron chi connectivity index (χ3n) is 3.88. The number of nitrogens with two attached hydrogens (primary N) is 1. The van der Waals surface area contributed by atoms with Crippen molar-refractivity contribution in [2.75, 3.05) is 0 Å². The molecular weight excluding hydrogens is 271 g/mol. The molecule has 0 atom stereocenters. The molecule has 2 N–H and O–H groups in total. The SMILES string of the molecule is NC(=O)c1cn(-c2ccc(F)cc2)c2c(c1=O)CCCC2. The minimum absolute atomic E-state index is 0.0139. The van der Waals surface area contributed by atoms with Crippen molar-refractivity contribution < 1.29 is 9.18 Å². The van der Waals surface area contributed by atoms with E-state index in [9.17, 15) is 14.0 Å². The Morgan fingerprint density at radius 2 is 1.81 bits per heavy atom. The van der Waals surface area contributed by atoms with Crippen LogP contribution in [0.15, 0.2) is 35.3 Å². The maximum atomic E-state index is 13.1. The molecule has 1 aromatic heterocycles. The summed E-state index contributed by atoms with van der Waals surface area (Å²) in [6.45, 7) is 0. The van der Waals surface area contributed by atoms with Gasteiger partial charge in [0.05, 0.1) is 0 Å². The zero-order chi connectivity index (χ0) is 15.0. The summed E-state index contributed by atoms with van der Waals surface area (Å²) in [5.41, 5.74) is 7.29. The Hall–Kier alpha value is -2.43. The largest absolute Gasteiger partial charge is 0.365 e. The number of fused-ring (bicyclic) bond motifs is 1. The highest BCUT2D eigenvalue weighted by atomic mass is 19.1. The average Bonchev–Trinajstić information content (AvgIpc) is 2.49. The van der Waals surface area contributed by atoms with Crippen LogP contribution in [0.3, 0.4) is 0 Å². The average molecular weight is 286 g/mol. The molecular formula is C16H15FN2O2. The van der Waals surface area contributed by atoms with Crippen LogP contribution >= 0.6 is 0 Å². The van der Waals surface area contributed by atoms with Crippen LogP contribution in [0.4, 0.5) is 4.39 Å². The second-order valence-corrected chi connectivity index (χ2v) is 5.21. The predicted octanol–water partition coefficient (Wildman–Crippen LogP) is 1.95. The minimum Gasteiger partial charge on any atom is -0.365 e. The predicted molar refractivity (Wildman–Crippen MR) is 77.2 cm³/mol. The molecule has 1 amide bonds. The van der Waals surface area contributed by atoms with Gasteiger partial charge >= 0.3 is 0 Å². The molecule has 21 heavy (non-hydrogen) atoms. The Balaban J connectivity index is 2.28. The molecule has 3 rings (SSSR count). The van der Waals surface area contributed by atoms with E-state index in [1.54, 1.807) is 16.7 Å². The third kappa shape index (κ3) is 2.35. The van der Waals surface area contributed by atoms with Gasteiger partial charge < -0.3 is 10.3 Å². The van der Waals surface area contributed by atoms with Crippen LogP contribution in [0.5, 0.6) is 0 Å². The number of carbonyl (C=O) groups is 1. The van der Waals surface area contributed by atoms with Crippen LogP contribution in [0.25, 0.3) is 5.69 Å². The highest BCUT2D eigenvalue weighted by Gasteiger charge is 2.21. The fourth-order valence-electron chi connectivity index (χ4n) is 2.84. The number of hydrogen-bond acceptors (Lipinski definition) is 2. The number of nitrogens with zero attached hydrogens (tertiary/aromatic N) is 1. The van der Waals surface area contributed by atoms with Crippen molar-refractivity contribution in [3.63, 3.8) is 0 Å². The monoisotopic (exact) mass is 286 g/mol. The molecule has 1 heterocycles. The van der Waals surface area contributed by atoms with Crippen molar-refractivity contribution in [2.45, 2.75) is 25.7 Å². The van der Waals surface area contributed by atoms with Crippen molar-refractivity contribution >= 4 is 5.91 Å². The van der Waals surface area contributed by atoms with E-state index in [1.807, 2.05) is 0 Å². The lowest BCUT2D eigenvalue weighted by Crippen LogP contribution is -2.30. The molecule has 0 saturated heterocycles. The number of pyridine rings is 1. The van der Waals surface area contributed by atoms with Gasteiger partial charge in [-0.2, -0.15) is 0 Å². The quantitative estimate of drug-likeness (QED) is 0.917. The molecule has 0 fully saturated rings. The Morgan fingerprint density at radius 1 is 1.14 bits per heavy atom. The molecule has 0 unspecified atom stereocenters. The standard InChI is InChI=1S/C16H15FN2O2/c17-10-5-7-11(8-6-10)19-9-13(16(18)21)15(20)12-3-1-2-4-14(12)19/h5-9H,1-4H2,(H2,18,21). The zero-order valence-electron chi connectivity index (χ0n) is 11.4. The number of halogens is 1. The lowest BCUT2D eigenvalue weighted by atomic mass is 9.93. The maximum Gasteiger partial charge on any atom is 0.254 e. The van der Waals surface area contributed by atoms with Crippen LogP contribution in [-0.4, -0.2) is 10.5 Å². The van der Waals surface area contributed by atoms with E-state index in [2.05, 4.69) is 0 Å². The van der Waals surface area contributed by atoms with Gasteiger partial charge in [-0.15, -0.1) is 0 Å². The number of primary amides is 1. The van der Waals surface area contributed by atoms with Crippen LogP contribution in [0.1, 0.15) is 34.5 Å². The smallest absolute Gasteiger partial charge is 0.254 e. The van der Waals surface area contributed by atoms with Gasteiger partial charge in [-0.05, 0) is 49.9 Å². The molecule has 2 aromatic rings. The first-order chi connectivity index (χ1) is 10.1. The van der Waals surface area contributed by atoms with E-state index in [1.165, 1.54) is 18.3 Å². The number of hydrogen-bond donors (Lipinski definition) is 1. The summed E-state index contributed by atoms with van der Waals surface area (Å²) in [4.78, 5) is 23.8. The van der Waals surface area contributed by atoms with E-state index >= 15 is 0 Å². The van der Waals surface area contributed by atoms with Crippen LogP contribution < -0.4 is 11.2 Å². The molecule has 4 nitrogen and oxygen atoms in total. The van der Waals surface area contributed by atoms with Gasteiger partial charge in [0, 0.05) is 23.1 Å². The fraction of sp³-hybridized carbons (Fsp3) is 0.250. The van der Waals surface area contributed by atoms with Crippen molar-refractivity contribution in [2.24, 2.45) is 5.73 Å². The molecule has 1 aliphatic rings. The third-order valence-corrected chi connectivity index (χ3v) is 3.88. The van der Waals surface area contributed by atoms with Crippen molar-refractivity contribution in [3.8, 4) is 5.69 Å². The van der Waals surface area contributed by atoms with Gasteiger partial charge in [-0.3, -0.25) is 9.59 Å². The van der Waals surface area contributed by atoms with E-state index in [4.69, 9.17) is 5.73 Å². The molecule has 5 heteroatoms. The summed E-state index contributed by atoms with van der Waals surface area (Å²) < 4.78 is 14.9. The Morgan fingerprint density at radius 3 is 2.48 bits per heavy atom. The molecule has 1 aromatic carbocycles. The minimum atomic E-state index is -0.732. The van der Waals surface area contributed by atoms with Crippen LogP contribution in [0, 0.1) is 5.82 Å². The first-order valence-electron chi connectivity index (χ1n) is 6.91. The highest BCUT2D eigenvalue weighted by molar-refractivity contribution is 5.92. The summed E-state index contributed by atoms with van der Waals surface area (Å²) in [7, 11) is 0. The first kappa shape index (κ1) is 13.5. The summed E-state index contributed by atoms with van der Waals surface area (Å²) in [6, 6.07) is 5.96. The lowest BCUT2D eigenvalue weighted by Gasteiger charge is -2.22. The van der Waals surface area contributed by atoms with Gasteiger partial charge in [-0.1, -0.05) is 0 Å². The molecule has 108 valence electrons. The van der Waals surface area contributed by atoms with Gasteiger partial charge in [0.2, 0.25) is 0 Å². The fourth-order valence-corrected chi connectivity index (χ4v) is 2.84. The molecule has 0 radical (unpaired) electrons. The topological polar surface area (TPSA) is 65.1 Å². The molecule has 0 aliphatic heterocycles. The number of aromatic nitrogens is 1. The van der Waals surface area contributed by atoms with Crippen molar-refractivity contribution in [1.82, 2.24) is 4.57 Å². The van der Waals surface area contributed by atoms with E-state index < -0.39 is 5.91 Å². The van der Waals surface area contributed by atoms with Crippen LogP contribution in [0.2, 0.25) is 0 Å². The van der Waals surface area contributed by atoms with Gasteiger partial charge in [0.15, 0.2) is 5.43 Å². The van der Waals surface area contributed by atoms with E-state index in [0.717, 1.165) is 30.6 Å². The van der Waals surface area contributed by atoms with E-state index in [-0.39, 0.29) is 16.8 Å². The summed E-state index contributed by atoms with van der Waals surface area (Å²) >= 11 is 0.